The third-order valence-corrected chi connectivity index (χ3v) is 7.49. The summed E-state index contributed by atoms with van der Waals surface area (Å²) in [6, 6.07) is 5.65. The standard InChI is InChI=1S/C26H28Cl3NO4/c1-4-5-6-7-15-11-22(31-2)24(32-3)23-18(15)12-19-17-13-21-20(33-14-34-21)10-16(17)8-9-30(19)25(23)26(27,28)29/h10-13,25H,4-9,14H2,1-3H3/t25-/m1/s1. The van der Waals surface area contributed by atoms with E-state index in [1.807, 2.05) is 6.07 Å². The second-order valence-corrected chi connectivity index (χ2v) is 11.2. The summed E-state index contributed by atoms with van der Waals surface area (Å²) in [5.41, 5.74) is 6.37. The monoisotopic (exact) mass is 523 g/mol. The minimum atomic E-state index is -1.59. The Kier molecular flexibility index (Phi) is 6.47. The van der Waals surface area contributed by atoms with Crippen molar-refractivity contribution in [2.45, 2.75) is 48.9 Å². The lowest BCUT2D eigenvalue weighted by Gasteiger charge is -2.46. The van der Waals surface area contributed by atoms with Crippen LogP contribution in [-0.4, -0.2) is 36.2 Å². The number of fused-ring (bicyclic) bond motifs is 5. The molecule has 3 aliphatic heterocycles. The van der Waals surface area contributed by atoms with Gasteiger partial charge in [0.15, 0.2) is 23.0 Å². The Morgan fingerprint density at radius 1 is 1.06 bits per heavy atom. The van der Waals surface area contributed by atoms with E-state index in [0.717, 1.165) is 66.0 Å². The highest BCUT2D eigenvalue weighted by Gasteiger charge is 2.47. The summed E-state index contributed by atoms with van der Waals surface area (Å²) in [6.45, 7) is 3.13. The second kappa shape index (κ2) is 9.25. The number of benzene rings is 2. The van der Waals surface area contributed by atoms with Crippen LogP contribution in [0.4, 0.5) is 0 Å². The average Bonchev–Trinajstić information content (AvgIpc) is 3.27. The molecule has 182 valence electrons. The van der Waals surface area contributed by atoms with Crippen molar-refractivity contribution in [2.24, 2.45) is 0 Å². The van der Waals surface area contributed by atoms with Gasteiger partial charge in [-0.2, -0.15) is 0 Å². The maximum atomic E-state index is 6.70. The van der Waals surface area contributed by atoms with Crippen LogP contribution in [0.3, 0.4) is 0 Å². The van der Waals surface area contributed by atoms with Crippen LogP contribution in [0.25, 0.3) is 11.8 Å². The molecule has 0 saturated carbocycles. The number of alkyl halides is 3. The van der Waals surface area contributed by atoms with Crippen molar-refractivity contribution in [1.82, 2.24) is 4.90 Å². The lowest BCUT2D eigenvalue weighted by molar-refractivity contribution is 0.174. The van der Waals surface area contributed by atoms with Crippen LogP contribution < -0.4 is 18.9 Å². The molecule has 0 unspecified atom stereocenters. The first-order chi connectivity index (χ1) is 16.4. The summed E-state index contributed by atoms with van der Waals surface area (Å²) in [4.78, 5) is 2.18. The molecular weight excluding hydrogens is 497 g/mol. The minimum absolute atomic E-state index is 0.235. The average molecular weight is 525 g/mol. The van der Waals surface area contributed by atoms with Gasteiger partial charge >= 0.3 is 0 Å². The first kappa shape index (κ1) is 23.8. The van der Waals surface area contributed by atoms with Gasteiger partial charge in [0.1, 0.15) is 6.04 Å². The van der Waals surface area contributed by atoms with Gasteiger partial charge in [-0.3, -0.25) is 0 Å². The first-order valence-corrected chi connectivity index (χ1v) is 12.8. The molecule has 0 aromatic heterocycles. The maximum Gasteiger partial charge on any atom is 0.231 e. The van der Waals surface area contributed by atoms with Crippen LogP contribution in [0, 0.1) is 0 Å². The quantitative estimate of drug-likeness (QED) is 0.302. The van der Waals surface area contributed by atoms with E-state index in [0.29, 0.717) is 18.0 Å². The molecule has 0 bridgehead atoms. The molecule has 8 heteroatoms. The molecule has 5 nitrogen and oxygen atoms in total. The van der Waals surface area contributed by atoms with E-state index in [1.54, 1.807) is 14.2 Å². The molecular formula is C26H28Cl3NO4. The van der Waals surface area contributed by atoms with E-state index in [4.69, 9.17) is 53.8 Å². The van der Waals surface area contributed by atoms with E-state index in [9.17, 15) is 0 Å². The lowest BCUT2D eigenvalue weighted by atomic mass is 9.83. The smallest absolute Gasteiger partial charge is 0.231 e. The van der Waals surface area contributed by atoms with Crippen LogP contribution >= 0.6 is 34.8 Å². The number of nitrogens with zero attached hydrogens (tertiary/aromatic N) is 1. The Bertz CT molecular complexity index is 1140. The minimum Gasteiger partial charge on any atom is -0.493 e. The largest absolute Gasteiger partial charge is 0.493 e. The lowest BCUT2D eigenvalue weighted by Crippen LogP contribution is -2.41. The molecule has 0 radical (unpaired) electrons. The second-order valence-electron chi connectivity index (χ2n) is 8.84. The zero-order valence-corrected chi connectivity index (χ0v) is 21.8. The highest BCUT2D eigenvalue weighted by Crippen LogP contribution is 2.57. The maximum absolute atomic E-state index is 6.70. The van der Waals surface area contributed by atoms with Crippen LogP contribution in [0.5, 0.6) is 23.0 Å². The molecule has 0 saturated heterocycles. The number of methoxy groups -OCH3 is 2. The van der Waals surface area contributed by atoms with Crippen molar-refractivity contribution in [3.8, 4) is 23.0 Å². The van der Waals surface area contributed by atoms with E-state index in [-0.39, 0.29) is 6.79 Å². The summed E-state index contributed by atoms with van der Waals surface area (Å²) in [6.07, 6.45) is 7.27. The summed E-state index contributed by atoms with van der Waals surface area (Å²) in [7, 11) is 3.28. The van der Waals surface area contributed by atoms with Crippen molar-refractivity contribution < 1.29 is 18.9 Å². The number of hydrogen-bond acceptors (Lipinski definition) is 5. The van der Waals surface area contributed by atoms with E-state index in [2.05, 4.69) is 30.0 Å². The highest BCUT2D eigenvalue weighted by atomic mass is 35.6. The normalized spacial score (nSPS) is 18.1. The fraction of sp³-hybridized carbons (Fsp3) is 0.462. The highest BCUT2D eigenvalue weighted by molar-refractivity contribution is 6.68. The molecule has 0 N–H and O–H groups in total. The topological polar surface area (TPSA) is 40.2 Å². The van der Waals surface area contributed by atoms with Gasteiger partial charge in [-0.1, -0.05) is 54.6 Å². The molecule has 3 aliphatic rings. The van der Waals surface area contributed by atoms with Crippen LogP contribution in [0.15, 0.2) is 18.2 Å². The molecule has 0 aliphatic carbocycles. The van der Waals surface area contributed by atoms with Gasteiger partial charge in [0.05, 0.1) is 14.2 Å². The summed E-state index contributed by atoms with van der Waals surface area (Å²) in [5, 5.41) is 0. The Morgan fingerprint density at radius 3 is 2.50 bits per heavy atom. The molecule has 3 heterocycles. The van der Waals surface area contributed by atoms with E-state index < -0.39 is 9.83 Å². The van der Waals surface area contributed by atoms with Gasteiger partial charge in [0.25, 0.3) is 0 Å². The number of ether oxygens (including phenoxy) is 4. The number of halogens is 3. The zero-order valence-electron chi connectivity index (χ0n) is 19.6. The third kappa shape index (κ3) is 3.96. The van der Waals surface area contributed by atoms with Crippen molar-refractivity contribution in [3.63, 3.8) is 0 Å². The van der Waals surface area contributed by atoms with Gasteiger partial charge in [-0.05, 0) is 60.2 Å². The molecule has 1 atom stereocenters. The predicted octanol–water partition coefficient (Wildman–Crippen LogP) is 6.95. The Hall–Kier alpha value is -1.95. The number of unbranched alkanes of at least 4 members (excludes halogenated alkanes) is 2. The zero-order chi connectivity index (χ0) is 24.0. The Morgan fingerprint density at radius 2 is 1.82 bits per heavy atom. The molecule has 0 spiro atoms. The summed E-state index contributed by atoms with van der Waals surface area (Å²) in [5.74, 6) is 2.80. The molecule has 34 heavy (non-hydrogen) atoms. The molecule has 0 fully saturated rings. The Labute approximate surface area is 215 Å². The fourth-order valence-electron chi connectivity index (χ4n) is 5.31. The van der Waals surface area contributed by atoms with Crippen molar-refractivity contribution in [1.29, 1.82) is 0 Å². The summed E-state index contributed by atoms with van der Waals surface area (Å²) >= 11 is 20.1. The third-order valence-electron chi connectivity index (χ3n) is 6.87. The van der Waals surface area contributed by atoms with Crippen LogP contribution in [0.1, 0.15) is 60.0 Å². The fourth-order valence-corrected chi connectivity index (χ4v) is 5.99. The number of aryl methyl sites for hydroxylation is 1. The first-order valence-electron chi connectivity index (χ1n) is 11.6. The van der Waals surface area contributed by atoms with Gasteiger partial charge in [-0.15, -0.1) is 0 Å². The molecule has 2 aromatic rings. The molecule has 2 aromatic carbocycles. The van der Waals surface area contributed by atoms with Gasteiger partial charge < -0.3 is 23.8 Å². The Balaban J connectivity index is 1.76. The SMILES string of the molecule is CCCCCc1cc(OC)c(OC)c2c1C=C1c3cc4c(cc3CCN1[C@H]2C(Cl)(Cl)Cl)OCO4. The summed E-state index contributed by atoms with van der Waals surface area (Å²) < 4.78 is 21.3. The van der Waals surface area contributed by atoms with Crippen LogP contribution in [0.2, 0.25) is 0 Å². The predicted molar refractivity (Wildman–Crippen MR) is 137 cm³/mol. The molecule has 0 amide bonds. The van der Waals surface area contributed by atoms with Crippen molar-refractivity contribution in [2.75, 3.05) is 27.6 Å². The van der Waals surface area contributed by atoms with E-state index >= 15 is 0 Å². The van der Waals surface area contributed by atoms with Crippen LogP contribution in [-0.2, 0) is 12.8 Å². The van der Waals surface area contributed by atoms with Gasteiger partial charge in [0.2, 0.25) is 10.6 Å². The van der Waals surface area contributed by atoms with Gasteiger partial charge in [0, 0.05) is 23.4 Å². The number of rotatable bonds is 6. The van der Waals surface area contributed by atoms with Gasteiger partial charge in [-0.25, -0.2) is 0 Å². The van der Waals surface area contributed by atoms with Crippen molar-refractivity contribution >= 4 is 46.6 Å². The molecule has 5 rings (SSSR count). The van der Waals surface area contributed by atoms with Crippen molar-refractivity contribution in [3.05, 3.63) is 46.0 Å². The van der Waals surface area contributed by atoms with E-state index in [1.165, 1.54) is 11.1 Å². The number of hydrogen-bond donors (Lipinski definition) is 0.